The molecular weight excluding hydrogens is 434 g/mol. The number of aryl methyl sites for hydroxylation is 2. The van der Waals surface area contributed by atoms with E-state index in [1.165, 1.54) is 134 Å². The Morgan fingerprint density at radius 2 is 1.17 bits per heavy atom. The molecule has 0 radical (unpaired) electrons. The van der Waals surface area contributed by atoms with Crippen LogP contribution in [0.5, 0.6) is 0 Å². The Morgan fingerprint density at radius 3 is 1.81 bits per heavy atom. The zero-order valence-electron chi connectivity index (χ0n) is 23.5. The first-order valence-corrected chi connectivity index (χ1v) is 15.1. The smallest absolute Gasteiger partial charge is 0.0503 e. The molecule has 0 amide bonds. The highest BCUT2D eigenvalue weighted by Gasteiger charge is 2.20. The van der Waals surface area contributed by atoms with E-state index in [0.717, 1.165) is 0 Å². The van der Waals surface area contributed by atoms with Crippen molar-refractivity contribution in [2.45, 2.75) is 124 Å². The summed E-state index contributed by atoms with van der Waals surface area (Å²) in [6, 6.07) is 19.3. The average Bonchev–Trinajstić information content (AvgIpc) is 3.20. The van der Waals surface area contributed by atoms with Gasteiger partial charge in [-0.05, 0) is 60.7 Å². The van der Waals surface area contributed by atoms with Crippen LogP contribution in [0.15, 0.2) is 48.5 Å². The van der Waals surface area contributed by atoms with E-state index < -0.39 is 0 Å². The van der Waals surface area contributed by atoms with E-state index in [-0.39, 0.29) is 0 Å². The molecule has 0 saturated carbocycles. The van der Waals surface area contributed by atoms with Crippen molar-refractivity contribution >= 4 is 32.6 Å². The van der Waals surface area contributed by atoms with Gasteiger partial charge in [-0.1, -0.05) is 127 Å². The predicted molar refractivity (Wildman–Crippen MR) is 161 cm³/mol. The highest BCUT2D eigenvalue weighted by atomic mass is 15.0. The predicted octanol–water partition coefficient (Wildman–Crippen LogP) is 11.6. The standard InChI is InChI=1S/C35H49N/c1-5-7-9-11-13-15-19-29(20-16-14-12-10-8-6-2)36-33-25-27(3)23-24-32(33)35-31-22-18-17-21-30(31)28(4)26-34(35)36/h17-18,21-26,29H,5-16,19-20H2,1-4H3. The molecular formula is C35H49N. The maximum atomic E-state index is 2.77. The maximum Gasteiger partial charge on any atom is 0.0503 e. The number of benzene rings is 3. The molecule has 36 heavy (non-hydrogen) atoms. The highest BCUT2D eigenvalue weighted by Crippen LogP contribution is 2.40. The molecule has 0 aliphatic heterocycles. The highest BCUT2D eigenvalue weighted by molar-refractivity contribution is 6.21. The molecule has 0 spiro atoms. The zero-order valence-corrected chi connectivity index (χ0v) is 23.5. The molecule has 194 valence electrons. The van der Waals surface area contributed by atoms with Crippen LogP contribution in [0.2, 0.25) is 0 Å². The normalized spacial score (nSPS) is 12.0. The van der Waals surface area contributed by atoms with Crippen molar-refractivity contribution in [3.63, 3.8) is 0 Å². The third-order valence-corrected chi connectivity index (χ3v) is 8.32. The lowest BCUT2D eigenvalue weighted by Crippen LogP contribution is -2.10. The largest absolute Gasteiger partial charge is 0.337 e. The first kappa shape index (κ1) is 26.8. The van der Waals surface area contributed by atoms with Crippen molar-refractivity contribution in [2.75, 3.05) is 0 Å². The molecule has 0 fully saturated rings. The summed E-state index contributed by atoms with van der Waals surface area (Å²) in [4.78, 5) is 0. The Labute approximate surface area is 220 Å². The molecule has 3 aromatic carbocycles. The van der Waals surface area contributed by atoms with Crippen molar-refractivity contribution in [3.8, 4) is 0 Å². The maximum absolute atomic E-state index is 2.77. The summed E-state index contributed by atoms with van der Waals surface area (Å²) >= 11 is 0. The van der Waals surface area contributed by atoms with Gasteiger partial charge >= 0.3 is 0 Å². The zero-order chi connectivity index (χ0) is 25.3. The minimum atomic E-state index is 0.588. The van der Waals surface area contributed by atoms with Gasteiger partial charge in [0.2, 0.25) is 0 Å². The van der Waals surface area contributed by atoms with Crippen LogP contribution in [0.4, 0.5) is 0 Å². The Kier molecular flexibility index (Phi) is 9.90. The second-order valence-electron chi connectivity index (χ2n) is 11.3. The Bertz CT molecular complexity index is 1230. The van der Waals surface area contributed by atoms with Crippen LogP contribution in [-0.4, -0.2) is 4.57 Å². The molecule has 4 aromatic rings. The van der Waals surface area contributed by atoms with Crippen molar-refractivity contribution in [3.05, 3.63) is 59.7 Å². The van der Waals surface area contributed by atoms with Gasteiger partial charge in [-0.2, -0.15) is 0 Å². The molecule has 0 unspecified atom stereocenters. The van der Waals surface area contributed by atoms with Gasteiger partial charge in [0.05, 0.1) is 5.52 Å². The molecule has 0 N–H and O–H groups in total. The summed E-state index contributed by atoms with van der Waals surface area (Å²) < 4.78 is 2.77. The lowest BCUT2D eigenvalue weighted by atomic mass is 9.98. The van der Waals surface area contributed by atoms with Crippen molar-refractivity contribution < 1.29 is 0 Å². The first-order chi connectivity index (χ1) is 17.7. The van der Waals surface area contributed by atoms with Crippen LogP contribution in [0.25, 0.3) is 32.6 Å². The molecule has 1 heterocycles. The number of fused-ring (bicyclic) bond motifs is 5. The molecule has 0 bridgehead atoms. The van der Waals surface area contributed by atoms with Gasteiger partial charge in [-0.25, -0.2) is 0 Å². The van der Waals surface area contributed by atoms with Gasteiger partial charge in [-0.3, -0.25) is 0 Å². The van der Waals surface area contributed by atoms with Crippen LogP contribution in [-0.2, 0) is 0 Å². The SMILES string of the molecule is CCCCCCCCC(CCCCCCCC)n1c2cc(C)ccc2c2c3ccccc3c(C)cc21. The fourth-order valence-corrected chi connectivity index (χ4v) is 6.31. The monoisotopic (exact) mass is 483 g/mol. The molecule has 0 aliphatic carbocycles. The average molecular weight is 484 g/mol. The summed E-state index contributed by atoms with van der Waals surface area (Å²) in [5.74, 6) is 0. The Hall–Kier alpha value is -2.28. The van der Waals surface area contributed by atoms with Crippen LogP contribution in [0, 0.1) is 13.8 Å². The van der Waals surface area contributed by atoms with Gasteiger partial charge in [0.15, 0.2) is 0 Å². The van der Waals surface area contributed by atoms with E-state index in [1.807, 2.05) is 0 Å². The first-order valence-electron chi connectivity index (χ1n) is 15.1. The van der Waals surface area contributed by atoms with Gasteiger partial charge in [0, 0.05) is 22.3 Å². The van der Waals surface area contributed by atoms with Crippen molar-refractivity contribution in [1.29, 1.82) is 0 Å². The number of unbranched alkanes of at least 4 members (excludes halogenated alkanes) is 10. The summed E-state index contributed by atoms with van der Waals surface area (Å²) in [5.41, 5.74) is 5.67. The van der Waals surface area contributed by atoms with Gasteiger partial charge in [0.1, 0.15) is 0 Å². The minimum absolute atomic E-state index is 0.588. The molecule has 1 heteroatoms. The quantitative estimate of drug-likeness (QED) is 0.148. The third kappa shape index (κ3) is 6.16. The second kappa shape index (κ2) is 13.3. The molecule has 0 atom stereocenters. The van der Waals surface area contributed by atoms with E-state index in [2.05, 4.69) is 80.8 Å². The van der Waals surface area contributed by atoms with Gasteiger partial charge in [-0.15, -0.1) is 0 Å². The molecule has 0 aliphatic rings. The molecule has 0 saturated heterocycles. The van der Waals surface area contributed by atoms with E-state index in [1.54, 1.807) is 0 Å². The van der Waals surface area contributed by atoms with Crippen molar-refractivity contribution in [2.24, 2.45) is 0 Å². The Morgan fingerprint density at radius 1 is 0.583 bits per heavy atom. The number of hydrogen-bond acceptors (Lipinski definition) is 0. The van der Waals surface area contributed by atoms with E-state index in [0.29, 0.717) is 6.04 Å². The van der Waals surface area contributed by atoms with Gasteiger partial charge in [0.25, 0.3) is 0 Å². The Balaban J connectivity index is 1.71. The fourth-order valence-electron chi connectivity index (χ4n) is 6.31. The molecule has 1 nitrogen and oxygen atoms in total. The summed E-state index contributed by atoms with van der Waals surface area (Å²) in [5, 5.41) is 5.70. The lowest BCUT2D eigenvalue weighted by molar-refractivity contribution is 0.410. The number of hydrogen-bond donors (Lipinski definition) is 0. The van der Waals surface area contributed by atoms with E-state index in [4.69, 9.17) is 0 Å². The van der Waals surface area contributed by atoms with E-state index in [9.17, 15) is 0 Å². The number of nitrogens with zero attached hydrogens (tertiary/aromatic N) is 1. The summed E-state index contributed by atoms with van der Waals surface area (Å²) in [6.07, 6.45) is 19.1. The molecule has 1 aromatic heterocycles. The summed E-state index contributed by atoms with van der Waals surface area (Å²) in [7, 11) is 0. The van der Waals surface area contributed by atoms with Crippen LogP contribution < -0.4 is 0 Å². The van der Waals surface area contributed by atoms with Crippen molar-refractivity contribution in [1.82, 2.24) is 4.57 Å². The topological polar surface area (TPSA) is 4.93 Å². The summed E-state index contributed by atoms with van der Waals surface area (Å²) in [6.45, 7) is 9.17. The van der Waals surface area contributed by atoms with Crippen LogP contribution in [0.3, 0.4) is 0 Å². The molecule has 4 rings (SSSR count). The van der Waals surface area contributed by atoms with Crippen LogP contribution >= 0.6 is 0 Å². The lowest BCUT2D eigenvalue weighted by Gasteiger charge is -2.22. The van der Waals surface area contributed by atoms with E-state index >= 15 is 0 Å². The number of rotatable bonds is 15. The van der Waals surface area contributed by atoms with Gasteiger partial charge < -0.3 is 4.57 Å². The number of aromatic nitrogens is 1. The third-order valence-electron chi connectivity index (χ3n) is 8.32. The fraction of sp³-hybridized carbons (Fsp3) is 0.543. The minimum Gasteiger partial charge on any atom is -0.337 e. The van der Waals surface area contributed by atoms with Crippen LogP contribution in [0.1, 0.15) is 121 Å². The second-order valence-corrected chi connectivity index (χ2v) is 11.3.